The zero-order valence-corrected chi connectivity index (χ0v) is 13.0. The largest absolute Gasteiger partial charge is 0.487 e. The van der Waals surface area contributed by atoms with E-state index in [0.717, 1.165) is 5.75 Å². The summed E-state index contributed by atoms with van der Waals surface area (Å²) >= 11 is 0. The van der Waals surface area contributed by atoms with Crippen molar-refractivity contribution >= 4 is 11.9 Å². The summed E-state index contributed by atoms with van der Waals surface area (Å²) in [5, 5.41) is 9.26. The Balaban J connectivity index is 1.93. The number of para-hydroxylation sites is 1. The number of carbonyl (C=O) groups excluding carboxylic acids is 2. The molecule has 0 aliphatic carbocycles. The van der Waals surface area contributed by atoms with Crippen LogP contribution in [0.3, 0.4) is 0 Å². The topological polar surface area (TPSA) is 93.3 Å². The summed E-state index contributed by atoms with van der Waals surface area (Å²) in [6, 6.07) is 10.2. The van der Waals surface area contributed by atoms with E-state index >= 15 is 0 Å². The third-order valence-electron chi connectivity index (χ3n) is 3.20. The van der Waals surface area contributed by atoms with Crippen molar-refractivity contribution in [2.45, 2.75) is 26.0 Å². The third kappa shape index (κ3) is 4.57. The number of aromatic amines is 1. The lowest BCUT2D eigenvalue weighted by Crippen LogP contribution is -2.41. The number of carbonyl (C=O) groups is 2. The SMILES string of the molecule is CC[C@H](NC(=O)c1cc(COc2ccccc2)[nH]n1)C(=O)OC. The average molecular weight is 317 g/mol. The zero-order valence-electron chi connectivity index (χ0n) is 13.0. The molecular weight excluding hydrogens is 298 g/mol. The molecule has 0 saturated heterocycles. The van der Waals surface area contributed by atoms with E-state index in [2.05, 4.69) is 20.3 Å². The number of H-pyrrole nitrogens is 1. The summed E-state index contributed by atoms with van der Waals surface area (Å²) in [6.07, 6.45) is 0.437. The predicted molar refractivity (Wildman–Crippen MR) is 82.9 cm³/mol. The molecule has 23 heavy (non-hydrogen) atoms. The van der Waals surface area contributed by atoms with Crippen molar-refractivity contribution in [3.8, 4) is 5.75 Å². The van der Waals surface area contributed by atoms with Crippen molar-refractivity contribution in [1.82, 2.24) is 15.5 Å². The first-order valence-corrected chi connectivity index (χ1v) is 7.24. The van der Waals surface area contributed by atoms with E-state index in [-0.39, 0.29) is 12.3 Å². The van der Waals surface area contributed by atoms with Crippen LogP contribution in [0.15, 0.2) is 36.4 Å². The lowest BCUT2D eigenvalue weighted by molar-refractivity contribution is -0.142. The Kier molecular flexibility index (Phi) is 5.74. The molecule has 7 nitrogen and oxygen atoms in total. The minimum Gasteiger partial charge on any atom is -0.487 e. The van der Waals surface area contributed by atoms with E-state index in [1.165, 1.54) is 7.11 Å². The first kappa shape index (κ1) is 16.5. The van der Waals surface area contributed by atoms with Gasteiger partial charge in [0.25, 0.3) is 5.91 Å². The van der Waals surface area contributed by atoms with Crippen LogP contribution in [0, 0.1) is 0 Å². The van der Waals surface area contributed by atoms with Crippen LogP contribution in [0.4, 0.5) is 0 Å². The van der Waals surface area contributed by atoms with Crippen LogP contribution < -0.4 is 10.1 Å². The zero-order chi connectivity index (χ0) is 16.7. The Morgan fingerprint density at radius 1 is 1.30 bits per heavy atom. The molecule has 0 fully saturated rings. The molecule has 0 bridgehead atoms. The van der Waals surface area contributed by atoms with Crippen LogP contribution in [0.5, 0.6) is 5.75 Å². The molecule has 1 atom stereocenters. The van der Waals surface area contributed by atoms with Crippen molar-refractivity contribution in [3.05, 3.63) is 47.8 Å². The molecule has 0 radical (unpaired) electrons. The number of aromatic nitrogens is 2. The maximum Gasteiger partial charge on any atom is 0.328 e. The fraction of sp³-hybridized carbons (Fsp3) is 0.312. The molecule has 1 aromatic heterocycles. The second-order valence-corrected chi connectivity index (χ2v) is 4.84. The number of methoxy groups -OCH3 is 1. The standard InChI is InChI=1S/C16H19N3O4/c1-3-13(16(21)22-2)17-15(20)14-9-11(18-19-14)10-23-12-7-5-4-6-8-12/h4-9,13H,3,10H2,1-2H3,(H,17,20)(H,18,19)/t13-/m0/s1. The molecule has 122 valence electrons. The van der Waals surface area contributed by atoms with Crippen LogP contribution in [-0.4, -0.2) is 35.2 Å². The smallest absolute Gasteiger partial charge is 0.328 e. The van der Waals surface area contributed by atoms with Gasteiger partial charge >= 0.3 is 5.97 Å². The minimum atomic E-state index is -0.687. The number of amides is 1. The van der Waals surface area contributed by atoms with Gasteiger partial charge in [-0.1, -0.05) is 25.1 Å². The lowest BCUT2D eigenvalue weighted by Gasteiger charge is -2.13. The summed E-state index contributed by atoms with van der Waals surface area (Å²) in [6.45, 7) is 2.05. The van der Waals surface area contributed by atoms with E-state index in [1.807, 2.05) is 30.3 Å². The van der Waals surface area contributed by atoms with Gasteiger partial charge in [-0.25, -0.2) is 4.79 Å². The Morgan fingerprint density at radius 2 is 2.04 bits per heavy atom. The molecule has 0 unspecified atom stereocenters. The molecule has 0 aliphatic heterocycles. The lowest BCUT2D eigenvalue weighted by atomic mass is 10.2. The number of hydrogen-bond acceptors (Lipinski definition) is 5. The number of benzene rings is 1. The van der Waals surface area contributed by atoms with E-state index in [4.69, 9.17) is 4.74 Å². The number of nitrogens with one attached hydrogen (secondary N) is 2. The molecule has 2 N–H and O–H groups in total. The highest BCUT2D eigenvalue weighted by Crippen LogP contribution is 2.11. The molecule has 1 aromatic carbocycles. The quantitative estimate of drug-likeness (QED) is 0.758. The molecule has 0 aliphatic rings. The molecular formula is C16H19N3O4. The molecule has 7 heteroatoms. The highest BCUT2D eigenvalue weighted by Gasteiger charge is 2.21. The van der Waals surface area contributed by atoms with Crippen molar-refractivity contribution in [2.75, 3.05) is 7.11 Å². The Hall–Kier alpha value is -2.83. The molecule has 2 rings (SSSR count). The summed E-state index contributed by atoms with van der Waals surface area (Å²) in [5.74, 6) is -0.196. The van der Waals surface area contributed by atoms with Crippen LogP contribution in [0.25, 0.3) is 0 Å². The maximum absolute atomic E-state index is 12.1. The molecule has 1 heterocycles. The van der Waals surface area contributed by atoms with Gasteiger partial charge in [0.05, 0.1) is 12.8 Å². The molecule has 0 spiro atoms. The number of nitrogens with zero attached hydrogens (tertiary/aromatic N) is 1. The Morgan fingerprint density at radius 3 is 2.70 bits per heavy atom. The fourth-order valence-corrected chi connectivity index (χ4v) is 1.93. The predicted octanol–water partition coefficient (Wildman–Crippen LogP) is 1.67. The van der Waals surface area contributed by atoms with Crippen molar-refractivity contribution in [2.24, 2.45) is 0 Å². The van der Waals surface area contributed by atoms with Gasteiger partial charge in [-0.2, -0.15) is 5.10 Å². The number of ether oxygens (including phenoxy) is 2. The van der Waals surface area contributed by atoms with Crippen LogP contribution >= 0.6 is 0 Å². The van der Waals surface area contributed by atoms with Gasteiger partial charge in [0, 0.05) is 0 Å². The summed E-state index contributed by atoms with van der Waals surface area (Å²) < 4.78 is 10.2. The van der Waals surface area contributed by atoms with Crippen molar-refractivity contribution in [3.63, 3.8) is 0 Å². The van der Waals surface area contributed by atoms with Crippen molar-refractivity contribution in [1.29, 1.82) is 0 Å². The van der Waals surface area contributed by atoms with E-state index in [1.54, 1.807) is 13.0 Å². The molecule has 0 saturated carbocycles. The van der Waals surface area contributed by atoms with Gasteiger partial charge in [-0.15, -0.1) is 0 Å². The highest BCUT2D eigenvalue weighted by molar-refractivity contribution is 5.95. The number of rotatable bonds is 7. The number of esters is 1. The normalized spacial score (nSPS) is 11.6. The minimum absolute atomic E-state index is 0.194. The van der Waals surface area contributed by atoms with Gasteiger partial charge in [0.1, 0.15) is 24.1 Å². The second-order valence-electron chi connectivity index (χ2n) is 4.84. The second kappa shape index (κ2) is 7.98. The van der Waals surface area contributed by atoms with Gasteiger partial charge in [-0.05, 0) is 24.6 Å². The monoisotopic (exact) mass is 317 g/mol. The first-order chi connectivity index (χ1) is 11.1. The summed E-state index contributed by atoms with van der Waals surface area (Å²) in [7, 11) is 1.28. The fourth-order valence-electron chi connectivity index (χ4n) is 1.93. The first-order valence-electron chi connectivity index (χ1n) is 7.24. The van der Waals surface area contributed by atoms with Gasteiger partial charge in [0.15, 0.2) is 0 Å². The molecule has 2 aromatic rings. The Bertz CT molecular complexity index is 654. The third-order valence-corrected chi connectivity index (χ3v) is 3.20. The van der Waals surface area contributed by atoms with Gasteiger partial charge in [0.2, 0.25) is 0 Å². The van der Waals surface area contributed by atoms with E-state index in [9.17, 15) is 9.59 Å². The Labute approximate surface area is 134 Å². The maximum atomic E-state index is 12.1. The summed E-state index contributed by atoms with van der Waals surface area (Å²) in [4.78, 5) is 23.6. The number of hydrogen-bond donors (Lipinski definition) is 2. The average Bonchev–Trinajstić information content (AvgIpc) is 3.07. The van der Waals surface area contributed by atoms with Gasteiger partial charge < -0.3 is 14.8 Å². The van der Waals surface area contributed by atoms with Crippen LogP contribution in [-0.2, 0) is 16.1 Å². The summed E-state index contributed by atoms with van der Waals surface area (Å²) in [5.41, 5.74) is 0.851. The van der Waals surface area contributed by atoms with Gasteiger partial charge in [-0.3, -0.25) is 9.89 Å². The van der Waals surface area contributed by atoms with Crippen molar-refractivity contribution < 1.29 is 19.1 Å². The molecule has 1 amide bonds. The van der Waals surface area contributed by atoms with E-state index < -0.39 is 17.9 Å². The van der Waals surface area contributed by atoms with Crippen LogP contribution in [0.2, 0.25) is 0 Å². The van der Waals surface area contributed by atoms with E-state index in [0.29, 0.717) is 12.1 Å². The van der Waals surface area contributed by atoms with Crippen LogP contribution in [0.1, 0.15) is 29.5 Å². The highest BCUT2D eigenvalue weighted by atomic mass is 16.5.